The summed E-state index contributed by atoms with van der Waals surface area (Å²) in [7, 11) is 0. The molecule has 7 heteroatoms. The normalized spacial score (nSPS) is 10.8. The first kappa shape index (κ1) is 13.2. The lowest BCUT2D eigenvalue weighted by Crippen LogP contribution is -2.11. The Bertz CT molecular complexity index is 413. The van der Waals surface area contributed by atoms with Gasteiger partial charge in [0, 0.05) is 15.7 Å². The molecular weight excluding hydrogens is 333 g/mol. The average Bonchev–Trinajstić information content (AvgIpc) is 2.19. The molecule has 0 aliphatic heterocycles. The van der Waals surface area contributed by atoms with Gasteiger partial charge in [-0.3, -0.25) is 9.78 Å². The molecule has 0 atom stereocenters. The number of hydrogen-bond donors (Lipinski definition) is 2. The molecule has 4 nitrogen and oxygen atoms in total. The van der Waals surface area contributed by atoms with Gasteiger partial charge in [0.2, 0.25) is 0 Å². The van der Waals surface area contributed by atoms with E-state index in [1.807, 2.05) is 0 Å². The molecule has 88 valence electrons. The first-order valence-corrected chi connectivity index (χ1v) is 5.41. The Morgan fingerprint density at radius 2 is 2.19 bits per heavy atom. The number of nitrogens with two attached hydrogens (primary N) is 1. The highest BCUT2D eigenvalue weighted by Crippen LogP contribution is 2.25. The number of rotatable bonds is 4. The van der Waals surface area contributed by atoms with Gasteiger partial charge in [0.15, 0.2) is 0 Å². The molecule has 0 aliphatic carbocycles. The Kier molecular flexibility index (Phi) is 4.54. The molecule has 0 amide bonds. The molecule has 0 radical (unpaired) electrons. The van der Waals surface area contributed by atoms with Crippen LogP contribution in [0.5, 0.6) is 0 Å². The Hall–Kier alpha value is -0.830. The Morgan fingerprint density at radius 3 is 2.62 bits per heavy atom. The van der Waals surface area contributed by atoms with E-state index in [1.54, 1.807) is 22.6 Å². The van der Waals surface area contributed by atoms with Crippen molar-refractivity contribution in [3.05, 3.63) is 26.6 Å². The van der Waals surface area contributed by atoms with Crippen LogP contribution in [0.2, 0.25) is 0 Å². The summed E-state index contributed by atoms with van der Waals surface area (Å²) in [5.74, 6) is -1.06. The SMILES string of the molecule is NCc1nc(CC(=O)O)c(I)cc1C(F)F. The molecular formula is C9H9F2IN2O2. The van der Waals surface area contributed by atoms with Gasteiger partial charge in [-0.25, -0.2) is 8.78 Å². The van der Waals surface area contributed by atoms with Gasteiger partial charge in [-0.05, 0) is 28.7 Å². The second-order valence-corrected chi connectivity index (χ2v) is 4.19. The van der Waals surface area contributed by atoms with E-state index in [0.717, 1.165) is 0 Å². The Balaban J connectivity index is 3.20. The fourth-order valence-electron chi connectivity index (χ4n) is 1.20. The van der Waals surface area contributed by atoms with Gasteiger partial charge in [0.05, 0.1) is 17.8 Å². The fraction of sp³-hybridized carbons (Fsp3) is 0.333. The van der Waals surface area contributed by atoms with Crippen molar-refractivity contribution in [3.8, 4) is 0 Å². The number of aromatic nitrogens is 1. The van der Waals surface area contributed by atoms with E-state index in [2.05, 4.69) is 4.98 Å². The molecule has 0 bridgehead atoms. The van der Waals surface area contributed by atoms with E-state index in [1.165, 1.54) is 6.07 Å². The fourth-order valence-corrected chi connectivity index (χ4v) is 1.85. The van der Waals surface area contributed by atoms with E-state index >= 15 is 0 Å². The number of carboxylic acid groups (broad SMARTS) is 1. The number of pyridine rings is 1. The monoisotopic (exact) mass is 342 g/mol. The number of carbonyl (C=O) groups is 1. The molecule has 16 heavy (non-hydrogen) atoms. The van der Waals surface area contributed by atoms with Crippen LogP contribution >= 0.6 is 22.6 Å². The van der Waals surface area contributed by atoms with Crippen LogP contribution in [0.1, 0.15) is 23.4 Å². The number of aliphatic carboxylic acids is 1. The van der Waals surface area contributed by atoms with Gasteiger partial charge in [0.1, 0.15) is 0 Å². The van der Waals surface area contributed by atoms with Crippen molar-refractivity contribution in [3.63, 3.8) is 0 Å². The van der Waals surface area contributed by atoms with Crippen molar-refractivity contribution in [2.45, 2.75) is 19.4 Å². The molecule has 0 saturated carbocycles. The van der Waals surface area contributed by atoms with Gasteiger partial charge >= 0.3 is 5.97 Å². The minimum absolute atomic E-state index is 0.0478. The zero-order chi connectivity index (χ0) is 12.3. The summed E-state index contributed by atoms with van der Waals surface area (Å²) in [4.78, 5) is 14.4. The summed E-state index contributed by atoms with van der Waals surface area (Å²) < 4.78 is 25.6. The maximum Gasteiger partial charge on any atom is 0.309 e. The summed E-state index contributed by atoms with van der Waals surface area (Å²) >= 11 is 1.79. The predicted molar refractivity (Wildman–Crippen MR) is 61.1 cm³/mol. The molecule has 0 unspecified atom stereocenters. The maximum atomic E-state index is 12.6. The molecule has 0 spiro atoms. The lowest BCUT2D eigenvalue weighted by molar-refractivity contribution is -0.136. The van der Waals surface area contributed by atoms with E-state index in [4.69, 9.17) is 10.8 Å². The smallest absolute Gasteiger partial charge is 0.309 e. The van der Waals surface area contributed by atoms with Crippen LogP contribution in [-0.4, -0.2) is 16.1 Å². The first-order valence-electron chi connectivity index (χ1n) is 4.34. The third-order valence-corrected chi connectivity index (χ3v) is 2.84. The van der Waals surface area contributed by atoms with E-state index in [-0.39, 0.29) is 29.9 Å². The highest BCUT2D eigenvalue weighted by Gasteiger charge is 2.17. The van der Waals surface area contributed by atoms with Crippen molar-refractivity contribution in [1.82, 2.24) is 4.98 Å². The Labute approximate surface area is 104 Å². The lowest BCUT2D eigenvalue weighted by atomic mass is 10.1. The Morgan fingerprint density at radius 1 is 1.56 bits per heavy atom. The molecule has 0 aromatic carbocycles. The largest absolute Gasteiger partial charge is 0.481 e. The summed E-state index contributed by atoms with van der Waals surface area (Å²) in [5.41, 5.74) is 5.37. The van der Waals surface area contributed by atoms with Gasteiger partial charge in [-0.15, -0.1) is 0 Å². The van der Waals surface area contributed by atoms with Gasteiger partial charge < -0.3 is 10.8 Å². The third kappa shape index (κ3) is 3.08. The predicted octanol–water partition coefficient (Wildman–Crippen LogP) is 1.71. The van der Waals surface area contributed by atoms with Gasteiger partial charge in [0.25, 0.3) is 6.43 Å². The molecule has 1 aromatic rings. The van der Waals surface area contributed by atoms with Crippen LogP contribution in [0.25, 0.3) is 0 Å². The van der Waals surface area contributed by atoms with Crippen LogP contribution in [-0.2, 0) is 17.8 Å². The third-order valence-electron chi connectivity index (χ3n) is 1.91. The summed E-state index contributed by atoms with van der Waals surface area (Å²) in [5, 5.41) is 8.61. The van der Waals surface area contributed by atoms with E-state index in [0.29, 0.717) is 3.57 Å². The van der Waals surface area contributed by atoms with Gasteiger partial charge in [-0.2, -0.15) is 0 Å². The lowest BCUT2D eigenvalue weighted by Gasteiger charge is -2.09. The summed E-state index contributed by atoms with van der Waals surface area (Å²) in [6.07, 6.45) is -2.95. The van der Waals surface area contributed by atoms with Crippen molar-refractivity contribution in [1.29, 1.82) is 0 Å². The second-order valence-electron chi connectivity index (χ2n) is 3.03. The average molecular weight is 342 g/mol. The van der Waals surface area contributed by atoms with Crippen LogP contribution < -0.4 is 5.73 Å². The van der Waals surface area contributed by atoms with E-state index < -0.39 is 12.4 Å². The molecule has 1 rings (SSSR count). The minimum atomic E-state index is -2.65. The first-order chi connectivity index (χ1) is 7.45. The number of nitrogens with zero attached hydrogens (tertiary/aromatic N) is 1. The molecule has 1 heterocycles. The van der Waals surface area contributed by atoms with Crippen LogP contribution in [0.15, 0.2) is 6.07 Å². The number of alkyl halides is 2. The van der Waals surface area contributed by atoms with Crippen LogP contribution in [0.4, 0.5) is 8.78 Å². The van der Waals surface area contributed by atoms with Crippen LogP contribution in [0, 0.1) is 3.57 Å². The van der Waals surface area contributed by atoms with E-state index in [9.17, 15) is 13.6 Å². The van der Waals surface area contributed by atoms with Gasteiger partial charge in [-0.1, -0.05) is 0 Å². The number of hydrogen-bond acceptors (Lipinski definition) is 3. The molecule has 1 aromatic heterocycles. The van der Waals surface area contributed by atoms with Crippen LogP contribution in [0.3, 0.4) is 0 Å². The summed E-state index contributed by atoms with van der Waals surface area (Å²) in [6, 6.07) is 1.23. The highest BCUT2D eigenvalue weighted by atomic mass is 127. The molecule has 0 aliphatic rings. The topological polar surface area (TPSA) is 76.2 Å². The quantitative estimate of drug-likeness (QED) is 0.817. The molecule has 0 saturated heterocycles. The molecule has 3 N–H and O–H groups in total. The second kappa shape index (κ2) is 5.48. The van der Waals surface area contributed by atoms with Crippen molar-refractivity contribution in [2.75, 3.05) is 0 Å². The number of halogens is 3. The standard InChI is InChI=1S/C9H9F2IN2O2/c10-9(11)4-1-5(12)6(2-8(15)16)14-7(4)3-13/h1,9H,2-3,13H2,(H,15,16). The molecule has 0 fully saturated rings. The highest BCUT2D eigenvalue weighted by molar-refractivity contribution is 14.1. The van der Waals surface area contributed by atoms with Crippen molar-refractivity contribution in [2.24, 2.45) is 5.73 Å². The zero-order valence-corrected chi connectivity index (χ0v) is 10.2. The summed E-state index contributed by atoms with van der Waals surface area (Å²) in [6.45, 7) is -0.136. The van der Waals surface area contributed by atoms with Crippen molar-refractivity contribution < 1.29 is 18.7 Å². The zero-order valence-electron chi connectivity index (χ0n) is 8.08. The van der Waals surface area contributed by atoms with Crippen molar-refractivity contribution >= 4 is 28.6 Å². The minimum Gasteiger partial charge on any atom is -0.481 e. The maximum absolute atomic E-state index is 12.6. The number of carboxylic acids is 1.